The van der Waals surface area contributed by atoms with Gasteiger partial charge in [-0.25, -0.2) is 0 Å². The van der Waals surface area contributed by atoms with Crippen molar-refractivity contribution in [3.8, 4) is 0 Å². The van der Waals surface area contributed by atoms with Gasteiger partial charge >= 0.3 is 0 Å². The van der Waals surface area contributed by atoms with E-state index in [0.717, 1.165) is 29.7 Å². The lowest BCUT2D eigenvalue weighted by Gasteiger charge is -2.37. The number of hydrogen-bond donors (Lipinski definition) is 2. The molecule has 2 bridgehead atoms. The van der Waals surface area contributed by atoms with Crippen LogP contribution in [0.25, 0.3) is 0 Å². The van der Waals surface area contributed by atoms with Crippen LogP contribution in [0.2, 0.25) is 0 Å². The Kier molecular flexibility index (Phi) is 4.00. The molecule has 2 fully saturated rings. The van der Waals surface area contributed by atoms with Gasteiger partial charge in [-0.05, 0) is 50.7 Å². The zero-order valence-corrected chi connectivity index (χ0v) is 12.9. The average Bonchev–Trinajstić information content (AvgIpc) is 2.67. The normalized spacial score (nSPS) is 28.6. The van der Waals surface area contributed by atoms with Crippen molar-refractivity contribution in [2.75, 3.05) is 11.9 Å². The van der Waals surface area contributed by atoms with E-state index in [1.807, 2.05) is 32.0 Å². The Bertz CT molecular complexity index is 509. The second kappa shape index (κ2) is 5.78. The number of carbonyl (C=O) groups is 1. The molecular weight excluding hydrogens is 262 g/mol. The number of amides is 1. The minimum absolute atomic E-state index is 0.0970. The van der Waals surface area contributed by atoms with Crippen LogP contribution in [0, 0.1) is 13.8 Å². The minimum Gasteiger partial charge on any atom is -0.328 e. The number of anilines is 1. The van der Waals surface area contributed by atoms with Crippen LogP contribution in [0.1, 0.15) is 36.8 Å². The molecule has 114 valence electrons. The Morgan fingerprint density at radius 2 is 1.81 bits per heavy atom. The highest BCUT2D eigenvalue weighted by atomic mass is 16.2. The second-order valence-electron chi connectivity index (χ2n) is 6.60. The van der Waals surface area contributed by atoms with Gasteiger partial charge in [0, 0.05) is 23.8 Å². The number of rotatable bonds is 3. The molecule has 1 amide bonds. The number of benzene rings is 1. The molecule has 2 saturated heterocycles. The molecule has 0 spiro atoms. The highest BCUT2D eigenvalue weighted by molar-refractivity contribution is 5.93. The highest BCUT2D eigenvalue weighted by Crippen LogP contribution is 2.34. The molecule has 2 heterocycles. The third-order valence-corrected chi connectivity index (χ3v) is 4.99. The lowest BCUT2D eigenvalue weighted by atomic mass is 9.98. The molecule has 2 unspecified atom stereocenters. The van der Waals surface area contributed by atoms with E-state index < -0.39 is 0 Å². The van der Waals surface area contributed by atoms with Gasteiger partial charge in [0.15, 0.2) is 0 Å². The summed E-state index contributed by atoms with van der Waals surface area (Å²) in [5.74, 6) is 0.0970. The zero-order chi connectivity index (χ0) is 15.0. The summed E-state index contributed by atoms with van der Waals surface area (Å²) in [5.41, 5.74) is 9.28. The zero-order valence-electron chi connectivity index (χ0n) is 12.9. The fourth-order valence-electron chi connectivity index (χ4n) is 3.93. The molecule has 1 aromatic carbocycles. The number of hydrogen-bond acceptors (Lipinski definition) is 3. The standard InChI is InChI=1S/C17H25N3O/c1-11-4-3-5-12(2)17(11)19-16(21)10-20-14-6-7-15(20)9-13(18)8-14/h3-5,13-15H,6-10,18H2,1-2H3,(H,19,21). The number of carbonyl (C=O) groups excluding carboxylic acids is 1. The number of aryl methyl sites for hydroxylation is 2. The van der Waals surface area contributed by atoms with Gasteiger partial charge in [-0.3, -0.25) is 9.69 Å². The molecule has 0 radical (unpaired) electrons. The SMILES string of the molecule is Cc1cccc(C)c1NC(=O)CN1C2CCC1CC(N)C2. The van der Waals surface area contributed by atoms with Gasteiger partial charge in [0.25, 0.3) is 0 Å². The monoisotopic (exact) mass is 287 g/mol. The fourth-order valence-corrected chi connectivity index (χ4v) is 3.93. The van der Waals surface area contributed by atoms with Crippen molar-refractivity contribution < 1.29 is 4.79 Å². The number of fused-ring (bicyclic) bond motifs is 2. The molecule has 2 aliphatic heterocycles. The smallest absolute Gasteiger partial charge is 0.238 e. The molecule has 0 aromatic heterocycles. The molecule has 1 aromatic rings. The molecule has 3 N–H and O–H groups in total. The maximum atomic E-state index is 12.4. The van der Waals surface area contributed by atoms with E-state index in [9.17, 15) is 4.79 Å². The van der Waals surface area contributed by atoms with Gasteiger partial charge in [0.1, 0.15) is 0 Å². The van der Waals surface area contributed by atoms with Crippen LogP contribution in [0.5, 0.6) is 0 Å². The van der Waals surface area contributed by atoms with E-state index in [4.69, 9.17) is 5.73 Å². The van der Waals surface area contributed by atoms with E-state index in [1.54, 1.807) is 0 Å². The molecule has 2 aliphatic rings. The molecule has 4 nitrogen and oxygen atoms in total. The van der Waals surface area contributed by atoms with Crippen molar-refractivity contribution in [2.45, 2.75) is 57.7 Å². The Morgan fingerprint density at radius 3 is 2.38 bits per heavy atom. The van der Waals surface area contributed by atoms with Crippen LogP contribution < -0.4 is 11.1 Å². The van der Waals surface area contributed by atoms with Crippen LogP contribution in [-0.4, -0.2) is 35.5 Å². The average molecular weight is 287 g/mol. The van der Waals surface area contributed by atoms with Gasteiger partial charge in [0.05, 0.1) is 6.54 Å². The quantitative estimate of drug-likeness (QED) is 0.896. The number of nitrogens with one attached hydrogen (secondary N) is 1. The van der Waals surface area contributed by atoms with Crippen LogP contribution in [-0.2, 0) is 4.79 Å². The highest BCUT2D eigenvalue weighted by Gasteiger charge is 2.40. The van der Waals surface area contributed by atoms with Gasteiger partial charge in [0.2, 0.25) is 5.91 Å². The van der Waals surface area contributed by atoms with E-state index in [0.29, 0.717) is 24.7 Å². The Labute approximate surface area is 126 Å². The van der Waals surface area contributed by atoms with Crippen LogP contribution in [0.15, 0.2) is 18.2 Å². The molecule has 0 aliphatic carbocycles. The van der Waals surface area contributed by atoms with Crippen molar-refractivity contribution in [3.63, 3.8) is 0 Å². The van der Waals surface area contributed by atoms with Crippen LogP contribution in [0.3, 0.4) is 0 Å². The molecule has 0 saturated carbocycles. The topological polar surface area (TPSA) is 58.4 Å². The molecule has 2 atom stereocenters. The Balaban J connectivity index is 1.65. The molecule has 21 heavy (non-hydrogen) atoms. The summed E-state index contributed by atoms with van der Waals surface area (Å²) in [6.45, 7) is 4.56. The van der Waals surface area contributed by atoms with Crippen molar-refractivity contribution in [1.29, 1.82) is 0 Å². The van der Waals surface area contributed by atoms with E-state index in [1.165, 1.54) is 12.8 Å². The summed E-state index contributed by atoms with van der Waals surface area (Å²) in [5, 5.41) is 3.09. The van der Waals surface area contributed by atoms with Crippen molar-refractivity contribution >= 4 is 11.6 Å². The summed E-state index contributed by atoms with van der Waals surface area (Å²) < 4.78 is 0. The lowest BCUT2D eigenvalue weighted by molar-refractivity contribution is -0.118. The summed E-state index contributed by atoms with van der Waals surface area (Å²) in [7, 11) is 0. The summed E-state index contributed by atoms with van der Waals surface area (Å²) >= 11 is 0. The maximum Gasteiger partial charge on any atom is 0.238 e. The number of nitrogens with two attached hydrogens (primary N) is 1. The van der Waals surface area contributed by atoms with Crippen LogP contribution in [0.4, 0.5) is 5.69 Å². The lowest BCUT2D eigenvalue weighted by Crippen LogP contribution is -2.50. The molecule has 4 heteroatoms. The van der Waals surface area contributed by atoms with Crippen molar-refractivity contribution in [2.24, 2.45) is 5.73 Å². The summed E-state index contributed by atoms with van der Waals surface area (Å²) in [6.07, 6.45) is 4.45. The van der Waals surface area contributed by atoms with Gasteiger partial charge in [-0.15, -0.1) is 0 Å². The Hall–Kier alpha value is -1.39. The van der Waals surface area contributed by atoms with Gasteiger partial charge < -0.3 is 11.1 Å². The third-order valence-electron chi connectivity index (χ3n) is 4.99. The fraction of sp³-hybridized carbons (Fsp3) is 0.588. The summed E-state index contributed by atoms with van der Waals surface area (Å²) in [4.78, 5) is 14.8. The Morgan fingerprint density at radius 1 is 1.24 bits per heavy atom. The van der Waals surface area contributed by atoms with E-state index >= 15 is 0 Å². The van der Waals surface area contributed by atoms with Crippen molar-refractivity contribution in [1.82, 2.24) is 4.90 Å². The van der Waals surface area contributed by atoms with E-state index in [-0.39, 0.29) is 5.91 Å². The summed E-state index contributed by atoms with van der Waals surface area (Å²) in [6, 6.07) is 7.41. The predicted molar refractivity (Wildman–Crippen MR) is 85.3 cm³/mol. The number of nitrogens with zero attached hydrogens (tertiary/aromatic N) is 1. The second-order valence-corrected chi connectivity index (χ2v) is 6.60. The first-order chi connectivity index (χ1) is 10.0. The van der Waals surface area contributed by atoms with Crippen molar-refractivity contribution in [3.05, 3.63) is 29.3 Å². The van der Waals surface area contributed by atoms with Gasteiger partial charge in [-0.1, -0.05) is 18.2 Å². The predicted octanol–water partition coefficient (Wildman–Crippen LogP) is 2.20. The minimum atomic E-state index is 0.0970. The first kappa shape index (κ1) is 14.5. The van der Waals surface area contributed by atoms with Crippen LogP contribution >= 0.6 is 0 Å². The first-order valence-corrected chi connectivity index (χ1v) is 7.92. The largest absolute Gasteiger partial charge is 0.328 e. The maximum absolute atomic E-state index is 12.4. The number of para-hydroxylation sites is 1. The van der Waals surface area contributed by atoms with Gasteiger partial charge in [-0.2, -0.15) is 0 Å². The molecule has 3 rings (SSSR count). The third kappa shape index (κ3) is 2.97. The first-order valence-electron chi connectivity index (χ1n) is 7.92. The van der Waals surface area contributed by atoms with E-state index in [2.05, 4.69) is 10.2 Å². The molecular formula is C17H25N3O. The number of piperidine rings is 1.